The Hall–Kier alpha value is -1.41. The number of aryl methyl sites for hydroxylation is 1. The van der Waals surface area contributed by atoms with Gasteiger partial charge in [-0.2, -0.15) is 0 Å². The van der Waals surface area contributed by atoms with Gasteiger partial charge >= 0.3 is 5.97 Å². The van der Waals surface area contributed by atoms with Gasteiger partial charge in [-0.15, -0.1) is 0 Å². The van der Waals surface area contributed by atoms with E-state index < -0.39 is 0 Å². The molecule has 1 atom stereocenters. The van der Waals surface area contributed by atoms with Gasteiger partial charge in [-0.1, -0.05) is 6.07 Å². The molecule has 5 heteroatoms. The molecule has 2 aromatic rings. The minimum absolute atomic E-state index is 0.343. The van der Waals surface area contributed by atoms with E-state index in [9.17, 15) is 4.79 Å². The molecule has 0 saturated heterocycles. The first-order valence-corrected chi connectivity index (χ1v) is 4.98. The van der Waals surface area contributed by atoms with Gasteiger partial charge in [-0.05, 0) is 28.4 Å². The number of benzene rings is 1. The molecule has 15 heavy (non-hydrogen) atoms. The van der Waals surface area contributed by atoms with Gasteiger partial charge in [0.2, 0.25) is 0 Å². The fraction of sp³-hybridized carbons (Fsp3) is 0.200. The van der Waals surface area contributed by atoms with E-state index in [0.717, 1.165) is 16.9 Å². The second kappa shape index (κ2) is 3.63. The number of aromatic nitrogens is 2. The van der Waals surface area contributed by atoms with Crippen LogP contribution in [0.4, 0.5) is 0 Å². The number of carbonyl (C=O) groups excluding carboxylic acids is 1. The van der Waals surface area contributed by atoms with E-state index in [4.69, 9.17) is 4.74 Å². The van der Waals surface area contributed by atoms with Crippen LogP contribution in [0, 0.1) is 6.92 Å². The molecular formula is C10H11N2O2P. The lowest BCUT2D eigenvalue weighted by molar-refractivity contribution is 0.0602. The number of para-hydroxylation sites is 1. The molecule has 1 aromatic heterocycles. The zero-order chi connectivity index (χ0) is 11.0. The standard InChI is InChI=1S/C10H11N2O2P/c1-6-11-8-5-3-4-7(10(13)14-2)9(8)12(6)15/h3-5H,15H2,1-2H3. The lowest BCUT2D eigenvalue weighted by atomic mass is 10.2. The van der Waals surface area contributed by atoms with Crippen LogP contribution in [-0.4, -0.2) is 22.4 Å². The fourth-order valence-electron chi connectivity index (χ4n) is 1.54. The molecule has 0 N–H and O–H groups in total. The lowest BCUT2D eigenvalue weighted by Crippen LogP contribution is -2.02. The first-order chi connectivity index (χ1) is 7.15. The van der Waals surface area contributed by atoms with Crippen LogP contribution in [0.15, 0.2) is 18.2 Å². The summed E-state index contributed by atoms with van der Waals surface area (Å²) in [6, 6.07) is 5.40. The zero-order valence-corrected chi connectivity index (χ0v) is 9.68. The number of ether oxygens (including phenoxy) is 1. The van der Waals surface area contributed by atoms with Gasteiger partial charge in [0.15, 0.2) is 0 Å². The first kappa shape index (κ1) is 10.1. The summed E-state index contributed by atoms with van der Waals surface area (Å²) in [5.41, 5.74) is 2.11. The molecule has 0 spiro atoms. The molecule has 0 bridgehead atoms. The number of rotatable bonds is 1. The molecule has 78 valence electrons. The van der Waals surface area contributed by atoms with Crippen LogP contribution >= 0.6 is 9.39 Å². The Morgan fingerprint density at radius 1 is 1.53 bits per heavy atom. The first-order valence-electron chi connectivity index (χ1n) is 4.46. The molecule has 0 radical (unpaired) electrons. The normalized spacial score (nSPS) is 10.6. The maximum atomic E-state index is 11.5. The number of hydrogen-bond acceptors (Lipinski definition) is 3. The summed E-state index contributed by atoms with van der Waals surface area (Å²) in [5, 5.41) is 0. The average Bonchev–Trinajstić information content (AvgIpc) is 2.54. The van der Waals surface area contributed by atoms with Crippen molar-refractivity contribution in [2.45, 2.75) is 6.92 Å². The fourth-order valence-corrected chi connectivity index (χ4v) is 1.87. The van der Waals surface area contributed by atoms with Crippen molar-refractivity contribution in [3.63, 3.8) is 0 Å². The molecule has 4 nitrogen and oxygen atoms in total. The Morgan fingerprint density at radius 3 is 2.93 bits per heavy atom. The van der Waals surface area contributed by atoms with Gasteiger partial charge < -0.3 is 9.07 Å². The van der Waals surface area contributed by atoms with E-state index >= 15 is 0 Å². The van der Waals surface area contributed by atoms with Gasteiger partial charge in [0.05, 0.1) is 23.7 Å². The number of methoxy groups -OCH3 is 1. The summed E-state index contributed by atoms with van der Waals surface area (Å²) < 4.78 is 6.53. The van der Waals surface area contributed by atoms with Gasteiger partial charge in [0.25, 0.3) is 0 Å². The van der Waals surface area contributed by atoms with Crippen LogP contribution in [0.2, 0.25) is 0 Å². The third kappa shape index (κ3) is 1.51. The molecular weight excluding hydrogens is 211 g/mol. The van der Waals surface area contributed by atoms with Gasteiger partial charge in [0, 0.05) is 0 Å². The molecule has 0 aliphatic rings. The van der Waals surface area contributed by atoms with Crippen molar-refractivity contribution >= 4 is 26.4 Å². The van der Waals surface area contributed by atoms with Crippen LogP contribution in [0.5, 0.6) is 0 Å². The van der Waals surface area contributed by atoms with E-state index in [1.807, 2.05) is 17.3 Å². The van der Waals surface area contributed by atoms with E-state index in [0.29, 0.717) is 5.56 Å². The smallest absolute Gasteiger partial charge is 0.340 e. The molecule has 1 heterocycles. The molecule has 1 unspecified atom stereocenters. The van der Waals surface area contributed by atoms with Crippen molar-refractivity contribution in [2.24, 2.45) is 0 Å². The summed E-state index contributed by atoms with van der Waals surface area (Å²) in [5.74, 6) is 0.496. The van der Waals surface area contributed by atoms with E-state index in [-0.39, 0.29) is 5.97 Å². The van der Waals surface area contributed by atoms with Crippen LogP contribution in [-0.2, 0) is 4.74 Å². The minimum Gasteiger partial charge on any atom is -0.465 e. The van der Waals surface area contributed by atoms with E-state index in [1.54, 1.807) is 12.1 Å². The summed E-state index contributed by atoms with van der Waals surface area (Å²) in [4.78, 5) is 15.8. The monoisotopic (exact) mass is 222 g/mol. The lowest BCUT2D eigenvalue weighted by Gasteiger charge is -2.03. The van der Waals surface area contributed by atoms with E-state index in [2.05, 4.69) is 14.4 Å². The number of fused-ring (bicyclic) bond motifs is 1. The number of imidazole rings is 1. The highest BCUT2D eigenvalue weighted by molar-refractivity contribution is 7.15. The predicted molar refractivity (Wildman–Crippen MR) is 60.9 cm³/mol. The second-order valence-electron chi connectivity index (χ2n) is 3.19. The predicted octanol–water partition coefficient (Wildman–Crippen LogP) is 1.77. The van der Waals surface area contributed by atoms with Crippen molar-refractivity contribution in [3.8, 4) is 0 Å². The molecule has 0 amide bonds. The van der Waals surface area contributed by atoms with Crippen molar-refractivity contribution in [1.29, 1.82) is 0 Å². The summed E-state index contributed by atoms with van der Waals surface area (Å²) in [6.07, 6.45) is 0. The summed E-state index contributed by atoms with van der Waals surface area (Å²) in [7, 11) is 3.91. The van der Waals surface area contributed by atoms with Crippen LogP contribution in [0.1, 0.15) is 16.2 Å². The van der Waals surface area contributed by atoms with E-state index in [1.165, 1.54) is 7.11 Å². The van der Waals surface area contributed by atoms with Gasteiger partial charge in [0.1, 0.15) is 5.82 Å². The maximum absolute atomic E-state index is 11.5. The van der Waals surface area contributed by atoms with Crippen molar-refractivity contribution in [2.75, 3.05) is 7.11 Å². The largest absolute Gasteiger partial charge is 0.465 e. The highest BCUT2D eigenvalue weighted by Crippen LogP contribution is 2.22. The number of nitrogens with zero attached hydrogens (tertiary/aromatic N) is 2. The third-order valence-electron chi connectivity index (χ3n) is 2.29. The number of carbonyl (C=O) groups is 1. The summed E-state index contributed by atoms with van der Waals surface area (Å²) in [6.45, 7) is 1.88. The Balaban J connectivity index is 2.80. The molecule has 1 aromatic carbocycles. The molecule has 0 aliphatic heterocycles. The van der Waals surface area contributed by atoms with Crippen LogP contribution in [0.3, 0.4) is 0 Å². The summed E-state index contributed by atoms with van der Waals surface area (Å²) >= 11 is 0. The number of esters is 1. The Kier molecular flexibility index (Phi) is 2.45. The van der Waals surface area contributed by atoms with Crippen molar-refractivity contribution < 1.29 is 9.53 Å². The zero-order valence-electron chi connectivity index (χ0n) is 8.52. The van der Waals surface area contributed by atoms with Crippen molar-refractivity contribution in [3.05, 3.63) is 29.6 Å². The number of hydrogen-bond donors (Lipinski definition) is 0. The second-order valence-corrected chi connectivity index (χ2v) is 3.71. The topological polar surface area (TPSA) is 44.1 Å². The SMILES string of the molecule is COC(=O)c1cccc2nc(C)n(P)c12. The maximum Gasteiger partial charge on any atom is 0.340 e. The molecule has 0 saturated carbocycles. The highest BCUT2D eigenvalue weighted by atomic mass is 31.0. The van der Waals surface area contributed by atoms with Gasteiger partial charge in [-0.3, -0.25) is 0 Å². The molecule has 0 fully saturated rings. The van der Waals surface area contributed by atoms with Crippen LogP contribution in [0.25, 0.3) is 11.0 Å². The van der Waals surface area contributed by atoms with Crippen molar-refractivity contribution in [1.82, 2.24) is 9.32 Å². The minimum atomic E-state index is -0.343. The Morgan fingerprint density at radius 2 is 2.27 bits per heavy atom. The Bertz CT molecular complexity index is 533. The third-order valence-corrected chi connectivity index (χ3v) is 2.92. The average molecular weight is 222 g/mol. The molecule has 2 rings (SSSR count). The van der Waals surface area contributed by atoms with Crippen LogP contribution < -0.4 is 0 Å². The van der Waals surface area contributed by atoms with Gasteiger partial charge in [-0.25, -0.2) is 9.78 Å². The highest BCUT2D eigenvalue weighted by Gasteiger charge is 2.14. The molecule has 0 aliphatic carbocycles. The Labute approximate surface area is 89.5 Å². The quantitative estimate of drug-likeness (QED) is 0.545.